The summed E-state index contributed by atoms with van der Waals surface area (Å²) in [6, 6.07) is 8.51. The van der Waals surface area contributed by atoms with Crippen LogP contribution in [0, 0.1) is 0 Å². The molecule has 3 heterocycles. The predicted octanol–water partition coefficient (Wildman–Crippen LogP) is 3.92. The van der Waals surface area contributed by atoms with E-state index in [1.54, 1.807) is 0 Å². The maximum absolute atomic E-state index is 6.11. The number of benzene rings is 1. The zero-order valence-electron chi connectivity index (χ0n) is 17.7. The van der Waals surface area contributed by atoms with Crippen LogP contribution in [0.15, 0.2) is 44.9 Å². The molecule has 1 aliphatic heterocycles. The largest absolute Gasteiger partial charge is 0.385 e. The highest BCUT2D eigenvalue weighted by atomic mass is 127. The van der Waals surface area contributed by atoms with Crippen molar-refractivity contribution in [1.82, 2.24) is 30.0 Å². The molecule has 31 heavy (non-hydrogen) atoms. The van der Waals surface area contributed by atoms with Gasteiger partial charge in [0.15, 0.2) is 0 Å². The number of unbranched alkanes of at least 4 members (excludes halogenated alkanes) is 1. The van der Waals surface area contributed by atoms with Crippen LogP contribution in [-0.4, -0.2) is 42.6 Å². The highest BCUT2D eigenvalue weighted by Crippen LogP contribution is 2.25. The summed E-state index contributed by atoms with van der Waals surface area (Å²) < 4.78 is 9.33. The van der Waals surface area contributed by atoms with E-state index in [1.807, 2.05) is 27.1 Å². The fourth-order valence-corrected chi connectivity index (χ4v) is 4.30. The summed E-state index contributed by atoms with van der Waals surface area (Å²) in [7, 11) is 0. The van der Waals surface area contributed by atoms with Gasteiger partial charge < -0.3 is 15.2 Å². The normalized spacial score (nSPS) is 16.9. The summed E-state index contributed by atoms with van der Waals surface area (Å²) in [5.74, 6) is 2.08. The van der Waals surface area contributed by atoms with Crippen LogP contribution in [0.2, 0.25) is 0 Å². The Kier molecular flexibility index (Phi) is 7.21. The van der Waals surface area contributed by atoms with E-state index < -0.39 is 0 Å². The van der Waals surface area contributed by atoms with Gasteiger partial charge in [0.2, 0.25) is 11.7 Å². The number of nitrogens with zero attached hydrogens (tertiary/aromatic N) is 6. The van der Waals surface area contributed by atoms with Gasteiger partial charge in [-0.2, -0.15) is 4.98 Å². The number of hydrogen-bond donors (Lipinski definition) is 1. The molecular weight excluding hydrogens is 505 g/mol. The summed E-state index contributed by atoms with van der Waals surface area (Å²) in [6.45, 7) is 3.85. The molecule has 1 aliphatic rings. The minimum atomic E-state index is 0.312. The molecule has 0 amide bonds. The van der Waals surface area contributed by atoms with Crippen molar-refractivity contribution in [3.63, 3.8) is 0 Å². The lowest BCUT2D eigenvalue weighted by atomic mass is 10.1. The zero-order valence-corrected chi connectivity index (χ0v) is 19.9. The summed E-state index contributed by atoms with van der Waals surface area (Å²) >= 11 is 2.18. The zero-order chi connectivity index (χ0) is 21.6. The number of likely N-dealkylation sites (tertiary alicyclic amines) is 1. The van der Waals surface area contributed by atoms with Crippen molar-refractivity contribution < 1.29 is 4.52 Å². The second-order valence-electron chi connectivity index (χ2n) is 7.95. The molecule has 1 aromatic carbocycles. The van der Waals surface area contributed by atoms with Crippen molar-refractivity contribution in [2.75, 3.05) is 6.54 Å². The lowest BCUT2D eigenvalue weighted by Gasteiger charge is -2.25. The first-order valence-electron chi connectivity index (χ1n) is 10.8. The van der Waals surface area contributed by atoms with Crippen molar-refractivity contribution in [1.29, 1.82) is 0 Å². The van der Waals surface area contributed by atoms with E-state index in [2.05, 4.69) is 67.0 Å². The van der Waals surface area contributed by atoms with Gasteiger partial charge in [0.05, 0.1) is 12.2 Å². The van der Waals surface area contributed by atoms with Crippen molar-refractivity contribution >= 4 is 22.6 Å². The number of hydrogen-bond acceptors (Lipinski definition) is 7. The smallest absolute Gasteiger partial charge is 0.229 e. The lowest BCUT2D eigenvalue weighted by molar-refractivity contribution is 0.284. The molecule has 1 saturated heterocycles. The number of aromatic nitrogens is 5. The average Bonchev–Trinajstić information content (AvgIpc) is 3.54. The van der Waals surface area contributed by atoms with Crippen LogP contribution < -0.4 is 5.73 Å². The first kappa shape index (κ1) is 21.8. The molecule has 0 saturated carbocycles. The summed E-state index contributed by atoms with van der Waals surface area (Å²) in [4.78, 5) is 6.84. The third-order valence-corrected chi connectivity index (χ3v) is 6.27. The minimum absolute atomic E-state index is 0.312. The van der Waals surface area contributed by atoms with Crippen LogP contribution in [0.1, 0.15) is 49.8 Å². The second kappa shape index (κ2) is 10.3. The Morgan fingerprint density at radius 1 is 1.32 bits per heavy atom. The fraction of sp³-hybridized carbons (Fsp3) is 0.455. The van der Waals surface area contributed by atoms with Gasteiger partial charge in [-0.05, 0) is 53.8 Å². The van der Waals surface area contributed by atoms with E-state index in [4.69, 9.17) is 10.3 Å². The molecule has 1 atom stereocenters. The van der Waals surface area contributed by atoms with E-state index in [0.717, 1.165) is 61.3 Å². The van der Waals surface area contributed by atoms with Crippen LogP contribution in [-0.2, 0) is 19.4 Å². The Hall–Kier alpha value is -2.43. The number of halogens is 1. The van der Waals surface area contributed by atoms with Gasteiger partial charge in [-0.15, -0.1) is 5.10 Å². The maximum Gasteiger partial charge on any atom is 0.229 e. The monoisotopic (exact) mass is 533 g/mol. The molecule has 0 radical (unpaired) electrons. The van der Waals surface area contributed by atoms with Crippen LogP contribution in [0.25, 0.3) is 11.4 Å². The molecule has 3 aromatic rings. The van der Waals surface area contributed by atoms with E-state index in [9.17, 15) is 0 Å². The van der Waals surface area contributed by atoms with E-state index in [-0.39, 0.29) is 0 Å². The van der Waals surface area contributed by atoms with Gasteiger partial charge in [-0.1, -0.05) is 48.0 Å². The van der Waals surface area contributed by atoms with Gasteiger partial charge in [0, 0.05) is 34.9 Å². The Morgan fingerprint density at radius 3 is 2.94 bits per heavy atom. The van der Waals surface area contributed by atoms with Crippen molar-refractivity contribution in [2.45, 2.75) is 58.0 Å². The third kappa shape index (κ3) is 5.44. The summed E-state index contributed by atoms with van der Waals surface area (Å²) in [5, 5.41) is 12.7. The predicted molar refractivity (Wildman–Crippen MR) is 127 cm³/mol. The Balaban J connectivity index is 1.37. The van der Waals surface area contributed by atoms with Crippen LogP contribution in [0.5, 0.6) is 0 Å². The SMILES string of the molecule is CCCCc1cn(Cc2ccc(-c3noc(CC4CCCN4/C(N)=C\I)n3)cc2)nn1. The highest BCUT2D eigenvalue weighted by Gasteiger charge is 2.27. The molecule has 0 spiro atoms. The number of nitrogens with two attached hydrogens (primary N) is 1. The quantitative estimate of drug-likeness (QED) is 0.417. The Morgan fingerprint density at radius 2 is 2.16 bits per heavy atom. The van der Waals surface area contributed by atoms with Crippen LogP contribution >= 0.6 is 22.6 Å². The van der Waals surface area contributed by atoms with Crippen LogP contribution in [0.4, 0.5) is 0 Å². The van der Waals surface area contributed by atoms with Gasteiger partial charge in [0.25, 0.3) is 0 Å². The summed E-state index contributed by atoms with van der Waals surface area (Å²) in [5.41, 5.74) is 9.26. The minimum Gasteiger partial charge on any atom is -0.385 e. The Labute approximate surface area is 196 Å². The summed E-state index contributed by atoms with van der Waals surface area (Å²) in [6.07, 6.45) is 8.24. The molecule has 1 unspecified atom stereocenters. The third-order valence-electron chi connectivity index (χ3n) is 5.63. The van der Waals surface area contributed by atoms with E-state index in [0.29, 0.717) is 30.7 Å². The lowest BCUT2D eigenvalue weighted by Crippen LogP contribution is -2.33. The van der Waals surface area contributed by atoms with Crippen LogP contribution in [0.3, 0.4) is 0 Å². The molecular formula is C22H28IN7O. The second-order valence-corrected chi connectivity index (χ2v) is 8.57. The number of rotatable bonds is 9. The Bertz CT molecular complexity index is 1010. The van der Waals surface area contributed by atoms with Gasteiger partial charge in [0.1, 0.15) is 5.82 Å². The standard InChI is InChI=1S/C22H28IN7O/c1-2-3-5-18-15-29(28-26-18)14-16-7-9-17(10-8-16)22-25-21(31-27-22)12-19-6-4-11-30(19)20(24)13-23/h7-10,13,15,19H,2-6,11-12,14,24H2,1H3/b20-13-. The molecule has 4 rings (SSSR count). The van der Waals surface area contributed by atoms with Gasteiger partial charge in [-0.25, -0.2) is 4.68 Å². The van der Waals surface area contributed by atoms with E-state index in [1.165, 1.54) is 0 Å². The topological polar surface area (TPSA) is 98.9 Å². The van der Waals surface area contributed by atoms with E-state index >= 15 is 0 Å². The molecule has 0 bridgehead atoms. The molecule has 164 valence electrons. The molecule has 1 fully saturated rings. The van der Waals surface area contributed by atoms with Gasteiger partial charge >= 0.3 is 0 Å². The first-order chi connectivity index (χ1) is 15.2. The molecule has 2 aromatic heterocycles. The molecule has 2 N–H and O–H groups in total. The van der Waals surface area contributed by atoms with Gasteiger partial charge in [-0.3, -0.25) is 0 Å². The fourth-order valence-electron chi connectivity index (χ4n) is 3.94. The average molecular weight is 533 g/mol. The van der Waals surface area contributed by atoms with Crippen molar-refractivity contribution in [3.8, 4) is 11.4 Å². The molecule has 8 nitrogen and oxygen atoms in total. The highest BCUT2D eigenvalue weighted by molar-refractivity contribution is 14.1. The number of aryl methyl sites for hydroxylation is 1. The first-order valence-corrected chi connectivity index (χ1v) is 12.0. The molecule has 0 aliphatic carbocycles. The van der Waals surface area contributed by atoms with Crippen molar-refractivity contribution in [2.24, 2.45) is 5.73 Å². The molecule has 9 heteroatoms. The maximum atomic E-state index is 6.11. The van der Waals surface area contributed by atoms with Crippen molar-refractivity contribution in [3.05, 3.63) is 57.5 Å².